The zero-order chi connectivity index (χ0) is 25.3. The summed E-state index contributed by atoms with van der Waals surface area (Å²) in [7, 11) is 0. The highest BCUT2D eigenvalue weighted by atomic mass is 19.4. The number of piperidine rings is 1. The number of halogens is 5. The van der Waals surface area contributed by atoms with Gasteiger partial charge in [0.1, 0.15) is 11.6 Å². The molecule has 0 atom stereocenters. The summed E-state index contributed by atoms with van der Waals surface area (Å²) in [6, 6.07) is 11.8. The maximum absolute atomic E-state index is 13.8. The number of aromatic nitrogens is 4. The van der Waals surface area contributed by atoms with Gasteiger partial charge in [0.25, 0.3) is 0 Å². The van der Waals surface area contributed by atoms with Gasteiger partial charge in [-0.2, -0.15) is 18.3 Å². The lowest BCUT2D eigenvalue weighted by atomic mass is 9.88. The molecular weight excluding hydrogens is 477 g/mol. The summed E-state index contributed by atoms with van der Waals surface area (Å²) in [4.78, 5) is 9.63. The largest absolute Gasteiger partial charge is 0.451 e. The Morgan fingerprint density at radius 1 is 0.917 bits per heavy atom. The van der Waals surface area contributed by atoms with E-state index >= 15 is 0 Å². The standard InChI is InChI=1S/C26H22F5N5/c27-20-6-4-16(5-7-20)23-19(13-33-35-23)15-36-10-8-17(9-11-36)24-22(18-2-1-3-21(28)12-18)14-32-25(34-24)26(29,30)31/h1-7,12-14,17H,8-11,15H2,(H,33,35). The first kappa shape index (κ1) is 24.1. The Balaban J connectivity index is 1.35. The first-order chi connectivity index (χ1) is 17.3. The van der Waals surface area contributed by atoms with Crippen LogP contribution >= 0.6 is 0 Å². The van der Waals surface area contributed by atoms with E-state index in [1.807, 2.05) is 0 Å². The molecule has 1 aliphatic rings. The molecule has 36 heavy (non-hydrogen) atoms. The van der Waals surface area contributed by atoms with Gasteiger partial charge in [-0.05, 0) is 67.9 Å². The van der Waals surface area contributed by atoms with Crippen molar-refractivity contribution in [2.24, 2.45) is 0 Å². The van der Waals surface area contributed by atoms with Crippen molar-refractivity contribution in [1.29, 1.82) is 0 Å². The molecule has 186 valence electrons. The number of nitrogens with one attached hydrogen (secondary N) is 1. The highest BCUT2D eigenvalue weighted by Gasteiger charge is 2.36. The molecule has 2 aromatic carbocycles. The monoisotopic (exact) mass is 499 g/mol. The molecule has 0 aliphatic carbocycles. The smallest absolute Gasteiger partial charge is 0.299 e. The van der Waals surface area contributed by atoms with Crippen LogP contribution in [0.1, 0.15) is 35.8 Å². The third-order valence-corrected chi connectivity index (χ3v) is 6.43. The van der Waals surface area contributed by atoms with Crippen LogP contribution in [-0.2, 0) is 12.7 Å². The highest BCUT2D eigenvalue weighted by Crippen LogP contribution is 2.37. The van der Waals surface area contributed by atoms with Gasteiger partial charge in [0.15, 0.2) is 0 Å². The van der Waals surface area contributed by atoms with Crippen LogP contribution in [-0.4, -0.2) is 38.2 Å². The maximum Gasteiger partial charge on any atom is 0.451 e. The number of aromatic amines is 1. The lowest BCUT2D eigenvalue weighted by Crippen LogP contribution is -2.33. The molecule has 1 N–H and O–H groups in total. The number of H-pyrrole nitrogens is 1. The first-order valence-electron chi connectivity index (χ1n) is 11.5. The lowest BCUT2D eigenvalue weighted by molar-refractivity contribution is -0.145. The van der Waals surface area contributed by atoms with Crippen molar-refractivity contribution >= 4 is 0 Å². The van der Waals surface area contributed by atoms with Gasteiger partial charge in [0.05, 0.1) is 17.6 Å². The molecule has 0 radical (unpaired) electrons. The Bertz CT molecular complexity index is 1340. The minimum Gasteiger partial charge on any atom is -0.299 e. The van der Waals surface area contributed by atoms with E-state index < -0.39 is 17.8 Å². The Hall–Kier alpha value is -3.66. The Morgan fingerprint density at radius 2 is 1.67 bits per heavy atom. The van der Waals surface area contributed by atoms with Crippen molar-refractivity contribution < 1.29 is 22.0 Å². The quantitative estimate of drug-likeness (QED) is 0.332. The second-order valence-electron chi connectivity index (χ2n) is 8.83. The van der Waals surface area contributed by atoms with Crippen LogP contribution in [0, 0.1) is 11.6 Å². The van der Waals surface area contributed by atoms with Gasteiger partial charge < -0.3 is 0 Å². The van der Waals surface area contributed by atoms with E-state index in [1.165, 1.54) is 30.3 Å². The fourth-order valence-corrected chi connectivity index (χ4v) is 4.62. The summed E-state index contributed by atoms with van der Waals surface area (Å²) in [5, 5.41) is 7.10. The van der Waals surface area contributed by atoms with E-state index in [-0.39, 0.29) is 17.4 Å². The van der Waals surface area contributed by atoms with E-state index in [0.717, 1.165) is 23.0 Å². The molecule has 0 saturated carbocycles. The summed E-state index contributed by atoms with van der Waals surface area (Å²) in [5.41, 5.74) is 3.72. The van der Waals surface area contributed by atoms with Gasteiger partial charge in [0, 0.05) is 35.3 Å². The lowest BCUT2D eigenvalue weighted by Gasteiger charge is -2.32. The fourth-order valence-electron chi connectivity index (χ4n) is 4.62. The second-order valence-corrected chi connectivity index (χ2v) is 8.83. The summed E-state index contributed by atoms with van der Waals surface area (Å²) in [5.74, 6) is -2.23. The Labute approximate surface area is 204 Å². The van der Waals surface area contributed by atoms with E-state index in [4.69, 9.17) is 0 Å². The predicted octanol–water partition coefficient (Wildman–Crippen LogP) is 6.21. The van der Waals surface area contributed by atoms with Crippen LogP contribution in [0.25, 0.3) is 22.4 Å². The van der Waals surface area contributed by atoms with E-state index in [1.54, 1.807) is 24.4 Å². The number of alkyl halides is 3. The number of likely N-dealkylation sites (tertiary alicyclic amines) is 1. The average molecular weight is 499 g/mol. The van der Waals surface area contributed by atoms with Crippen molar-refractivity contribution in [3.05, 3.63) is 89.6 Å². The highest BCUT2D eigenvalue weighted by molar-refractivity contribution is 5.66. The number of rotatable bonds is 5. The zero-order valence-electron chi connectivity index (χ0n) is 19.1. The van der Waals surface area contributed by atoms with E-state index in [0.29, 0.717) is 43.6 Å². The summed E-state index contributed by atoms with van der Waals surface area (Å²) >= 11 is 0. The third-order valence-electron chi connectivity index (χ3n) is 6.43. The van der Waals surface area contributed by atoms with Crippen LogP contribution in [0.5, 0.6) is 0 Å². The summed E-state index contributed by atoms with van der Waals surface area (Å²) in [6.45, 7) is 1.85. The molecule has 10 heteroatoms. The molecule has 2 aromatic heterocycles. The predicted molar refractivity (Wildman–Crippen MR) is 124 cm³/mol. The minimum atomic E-state index is -4.67. The van der Waals surface area contributed by atoms with Crippen molar-refractivity contribution in [2.45, 2.75) is 31.5 Å². The van der Waals surface area contributed by atoms with Crippen molar-refractivity contribution in [2.75, 3.05) is 13.1 Å². The molecule has 3 heterocycles. The third kappa shape index (κ3) is 5.13. The van der Waals surface area contributed by atoms with E-state index in [9.17, 15) is 22.0 Å². The maximum atomic E-state index is 13.8. The average Bonchev–Trinajstić information content (AvgIpc) is 3.32. The summed E-state index contributed by atoms with van der Waals surface area (Å²) < 4.78 is 67.3. The molecule has 1 fully saturated rings. The van der Waals surface area contributed by atoms with Crippen LogP contribution in [0.3, 0.4) is 0 Å². The Kier molecular flexibility index (Phi) is 6.53. The number of nitrogens with zero attached hydrogens (tertiary/aromatic N) is 4. The molecule has 5 nitrogen and oxygen atoms in total. The van der Waals surface area contributed by atoms with Crippen molar-refractivity contribution in [1.82, 2.24) is 25.1 Å². The van der Waals surface area contributed by atoms with Gasteiger partial charge in [-0.15, -0.1) is 0 Å². The number of benzene rings is 2. The SMILES string of the molecule is Fc1ccc(-c2[nH]ncc2CN2CCC(c3nc(C(F)(F)F)ncc3-c3cccc(F)c3)CC2)cc1. The number of hydrogen-bond donors (Lipinski definition) is 1. The van der Waals surface area contributed by atoms with Crippen LogP contribution in [0.15, 0.2) is 60.9 Å². The zero-order valence-corrected chi connectivity index (χ0v) is 19.1. The van der Waals surface area contributed by atoms with Gasteiger partial charge in [0.2, 0.25) is 5.82 Å². The van der Waals surface area contributed by atoms with Gasteiger partial charge >= 0.3 is 6.18 Å². The molecule has 0 amide bonds. The molecule has 0 spiro atoms. The molecule has 0 unspecified atom stereocenters. The van der Waals surface area contributed by atoms with Crippen molar-refractivity contribution in [3.63, 3.8) is 0 Å². The molecule has 4 aromatic rings. The van der Waals surface area contributed by atoms with Gasteiger partial charge in [-0.1, -0.05) is 12.1 Å². The van der Waals surface area contributed by atoms with Crippen LogP contribution in [0.2, 0.25) is 0 Å². The molecule has 0 bridgehead atoms. The molecule has 1 aliphatic heterocycles. The van der Waals surface area contributed by atoms with Gasteiger partial charge in [-0.3, -0.25) is 10.00 Å². The van der Waals surface area contributed by atoms with Crippen molar-refractivity contribution in [3.8, 4) is 22.4 Å². The fraction of sp³-hybridized carbons (Fsp3) is 0.269. The van der Waals surface area contributed by atoms with Crippen LogP contribution in [0.4, 0.5) is 22.0 Å². The summed E-state index contributed by atoms with van der Waals surface area (Å²) in [6.07, 6.45) is -0.631. The minimum absolute atomic E-state index is 0.232. The molecular formula is C26H22F5N5. The number of hydrogen-bond acceptors (Lipinski definition) is 4. The Morgan fingerprint density at radius 3 is 2.36 bits per heavy atom. The normalized spacial score (nSPS) is 15.4. The van der Waals surface area contributed by atoms with Gasteiger partial charge in [-0.25, -0.2) is 18.7 Å². The molecule has 1 saturated heterocycles. The molecule has 5 rings (SSSR count). The van der Waals surface area contributed by atoms with Crippen LogP contribution < -0.4 is 0 Å². The second kappa shape index (κ2) is 9.77. The topological polar surface area (TPSA) is 57.7 Å². The first-order valence-corrected chi connectivity index (χ1v) is 11.5. The van der Waals surface area contributed by atoms with E-state index in [2.05, 4.69) is 25.1 Å².